The number of esters is 1. The summed E-state index contributed by atoms with van der Waals surface area (Å²) in [6.45, 7) is 0.320. The van der Waals surface area contributed by atoms with Gasteiger partial charge in [0.2, 0.25) is 0 Å². The van der Waals surface area contributed by atoms with E-state index in [2.05, 4.69) is 4.98 Å². The third-order valence-electron chi connectivity index (χ3n) is 6.35. The van der Waals surface area contributed by atoms with E-state index in [4.69, 9.17) is 14.5 Å². The molecule has 2 aromatic heterocycles. The van der Waals surface area contributed by atoms with Gasteiger partial charge in [-0.3, -0.25) is 14.6 Å². The molecule has 170 valence electrons. The van der Waals surface area contributed by atoms with E-state index >= 15 is 0 Å². The topological polar surface area (TPSA) is 98.6 Å². The number of aliphatic carboxylic acids is 1. The molecule has 0 spiro atoms. The number of hydrogen-bond donors (Lipinski definition) is 1. The maximum absolute atomic E-state index is 12.4. The van der Waals surface area contributed by atoms with Gasteiger partial charge in [0.25, 0.3) is 0 Å². The molecule has 0 aliphatic heterocycles. The Labute approximate surface area is 196 Å². The van der Waals surface area contributed by atoms with Crippen LogP contribution < -0.4 is 4.74 Å². The van der Waals surface area contributed by atoms with Gasteiger partial charge >= 0.3 is 11.9 Å². The van der Waals surface area contributed by atoms with Gasteiger partial charge in [-0.05, 0) is 48.4 Å². The number of hydrogen-bond acceptors (Lipinski definition) is 6. The van der Waals surface area contributed by atoms with E-state index in [-0.39, 0.29) is 6.42 Å². The summed E-state index contributed by atoms with van der Waals surface area (Å²) >= 11 is 0. The number of para-hydroxylation sites is 1. The molecule has 0 amide bonds. The van der Waals surface area contributed by atoms with E-state index in [0.29, 0.717) is 17.9 Å². The number of rotatable bonds is 7. The predicted molar refractivity (Wildman–Crippen MR) is 125 cm³/mol. The van der Waals surface area contributed by atoms with Crippen LogP contribution in [0.25, 0.3) is 22.2 Å². The molecule has 0 unspecified atom stereocenters. The summed E-state index contributed by atoms with van der Waals surface area (Å²) in [6, 6.07) is 20.7. The average molecular weight is 454 g/mol. The molecule has 2 heterocycles. The van der Waals surface area contributed by atoms with Crippen LogP contribution in [0.4, 0.5) is 0 Å². The van der Waals surface area contributed by atoms with Gasteiger partial charge in [0, 0.05) is 28.9 Å². The summed E-state index contributed by atoms with van der Waals surface area (Å²) in [4.78, 5) is 32.7. The Morgan fingerprint density at radius 2 is 1.79 bits per heavy atom. The monoisotopic (exact) mass is 454 g/mol. The molecule has 7 heteroatoms. The molecule has 1 fully saturated rings. The molecule has 7 nitrogen and oxygen atoms in total. The minimum Gasteiger partial charge on any atom is -0.489 e. The molecule has 1 aliphatic rings. The summed E-state index contributed by atoms with van der Waals surface area (Å²) in [5.41, 5.74) is 3.16. The fourth-order valence-corrected chi connectivity index (χ4v) is 4.45. The number of pyridine rings is 2. The molecule has 0 bridgehead atoms. The largest absolute Gasteiger partial charge is 0.489 e. The van der Waals surface area contributed by atoms with E-state index in [0.717, 1.165) is 27.7 Å². The molecular weight excluding hydrogens is 432 g/mol. The highest BCUT2D eigenvalue weighted by Crippen LogP contribution is 2.55. The van der Waals surface area contributed by atoms with Crippen LogP contribution in [0.15, 0.2) is 79.1 Å². The van der Waals surface area contributed by atoms with Crippen molar-refractivity contribution in [2.75, 3.05) is 7.11 Å². The van der Waals surface area contributed by atoms with Crippen LogP contribution in [0.1, 0.15) is 17.5 Å². The Morgan fingerprint density at radius 3 is 2.47 bits per heavy atom. The van der Waals surface area contributed by atoms with Crippen molar-refractivity contribution in [2.24, 2.45) is 5.92 Å². The van der Waals surface area contributed by atoms with Crippen LogP contribution in [0.2, 0.25) is 0 Å². The molecule has 5 rings (SSSR count). The van der Waals surface area contributed by atoms with Gasteiger partial charge in [-0.2, -0.15) is 0 Å². The maximum Gasteiger partial charge on any atom is 0.317 e. The average Bonchev–Trinajstić information content (AvgIpc) is 3.65. The highest BCUT2D eigenvalue weighted by Gasteiger charge is 2.66. The predicted octanol–water partition coefficient (Wildman–Crippen LogP) is 4.39. The first-order chi connectivity index (χ1) is 16.5. The van der Waals surface area contributed by atoms with Crippen LogP contribution in [0.3, 0.4) is 0 Å². The van der Waals surface area contributed by atoms with Crippen LogP contribution in [-0.2, 0) is 26.3 Å². The molecule has 1 saturated carbocycles. The van der Waals surface area contributed by atoms with Gasteiger partial charge in [0.1, 0.15) is 17.8 Å². The van der Waals surface area contributed by atoms with Crippen molar-refractivity contribution in [3.05, 3.63) is 90.3 Å². The molecule has 0 radical (unpaired) electrons. The van der Waals surface area contributed by atoms with Gasteiger partial charge in [-0.1, -0.05) is 30.3 Å². The SMILES string of the molecule is COC(=O)[C@@]1(c2ccc(OCc3cc(-c4ccncc4)nc4ccccc34)cc2)C[C@@H]1C(=O)O. The Morgan fingerprint density at radius 1 is 1.06 bits per heavy atom. The zero-order valence-corrected chi connectivity index (χ0v) is 18.5. The normalized spacial score (nSPS) is 18.9. The Kier molecular flexibility index (Phi) is 5.45. The molecule has 2 atom stereocenters. The Balaban J connectivity index is 1.40. The number of fused-ring (bicyclic) bond motifs is 1. The minimum atomic E-state index is -1.13. The van der Waals surface area contributed by atoms with Crippen LogP contribution in [0.5, 0.6) is 5.75 Å². The lowest BCUT2D eigenvalue weighted by molar-refractivity contribution is -0.148. The van der Waals surface area contributed by atoms with Crippen LogP contribution in [-0.4, -0.2) is 34.1 Å². The molecule has 1 aliphatic carbocycles. The zero-order chi connectivity index (χ0) is 23.7. The van der Waals surface area contributed by atoms with Crippen LogP contribution >= 0.6 is 0 Å². The molecule has 34 heavy (non-hydrogen) atoms. The highest BCUT2D eigenvalue weighted by atomic mass is 16.5. The second kappa shape index (κ2) is 8.59. The summed E-state index contributed by atoms with van der Waals surface area (Å²) < 4.78 is 11.0. The number of carbonyl (C=O) groups is 2. The fraction of sp³-hybridized carbons (Fsp3) is 0.185. The van der Waals surface area contributed by atoms with E-state index in [9.17, 15) is 14.7 Å². The highest BCUT2D eigenvalue weighted by molar-refractivity contribution is 5.95. The van der Waals surface area contributed by atoms with Crippen molar-refractivity contribution in [3.63, 3.8) is 0 Å². The number of ether oxygens (including phenoxy) is 2. The van der Waals surface area contributed by atoms with Crippen molar-refractivity contribution >= 4 is 22.8 Å². The van der Waals surface area contributed by atoms with Gasteiger partial charge in [-0.15, -0.1) is 0 Å². The molecule has 1 N–H and O–H groups in total. The summed E-state index contributed by atoms with van der Waals surface area (Å²) in [6.07, 6.45) is 3.70. The number of carboxylic acid groups (broad SMARTS) is 1. The lowest BCUT2D eigenvalue weighted by Crippen LogP contribution is -2.26. The minimum absolute atomic E-state index is 0.232. The fourth-order valence-electron chi connectivity index (χ4n) is 4.45. The third kappa shape index (κ3) is 3.75. The van der Waals surface area contributed by atoms with Crippen molar-refractivity contribution in [3.8, 4) is 17.0 Å². The molecule has 2 aromatic carbocycles. The summed E-state index contributed by atoms with van der Waals surface area (Å²) in [7, 11) is 1.28. The Bertz CT molecular complexity index is 1370. The lowest BCUT2D eigenvalue weighted by atomic mass is 9.93. The number of benzene rings is 2. The van der Waals surface area contributed by atoms with Crippen molar-refractivity contribution in [1.82, 2.24) is 9.97 Å². The van der Waals surface area contributed by atoms with Crippen molar-refractivity contribution < 1.29 is 24.2 Å². The third-order valence-corrected chi connectivity index (χ3v) is 6.35. The second-order valence-corrected chi connectivity index (χ2v) is 8.29. The standard InChI is InChI=1S/C27H22N2O5/c1-33-26(32)27(15-22(27)25(30)31)19-6-8-20(9-7-19)34-16-18-14-24(17-10-12-28-13-11-17)29-23-5-3-2-4-21(18)23/h2-14,22H,15-16H2,1H3,(H,30,31)/t22-,27-/m1/s1. The quantitative estimate of drug-likeness (QED) is 0.414. The van der Waals surface area contributed by atoms with E-state index in [1.54, 1.807) is 36.7 Å². The Hall–Kier alpha value is -4.26. The van der Waals surface area contributed by atoms with E-state index in [1.807, 2.05) is 42.5 Å². The number of aromatic nitrogens is 2. The summed E-state index contributed by atoms with van der Waals surface area (Å²) in [5, 5.41) is 10.4. The zero-order valence-electron chi connectivity index (χ0n) is 18.5. The van der Waals surface area contributed by atoms with Gasteiger partial charge < -0.3 is 14.6 Å². The van der Waals surface area contributed by atoms with Gasteiger partial charge in [-0.25, -0.2) is 4.98 Å². The molecular formula is C27H22N2O5. The number of nitrogens with zero attached hydrogens (tertiary/aromatic N) is 2. The van der Waals surface area contributed by atoms with E-state index in [1.165, 1.54) is 7.11 Å². The second-order valence-electron chi connectivity index (χ2n) is 8.29. The van der Waals surface area contributed by atoms with E-state index < -0.39 is 23.3 Å². The first-order valence-corrected chi connectivity index (χ1v) is 10.9. The smallest absolute Gasteiger partial charge is 0.317 e. The van der Waals surface area contributed by atoms with Crippen molar-refractivity contribution in [2.45, 2.75) is 18.4 Å². The number of carbonyl (C=O) groups excluding carboxylic acids is 1. The summed E-state index contributed by atoms with van der Waals surface area (Å²) in [5.74, 6) is -1.69. The molecule has 0 saturated heterocycles. The first kappa shape index (κ1) is 21.6. The first-order valence-electron chi connectivity index (χ1n) is 10.9. The van der Waals surface area contributed by atoms with Crippen LogP contribution in [0, 0.1) is 5.92 Å². The molecule has 4 aromatic rings. The maximum atomic E-state index is 12.4. The van der Waals surface area contributed by atoms with Crippen molar-refractivity contribution in [1.29, 1.82) is 0 Å². The number of carboxylic acids is 1. The van der Waals surface area contributed by atoms with Gasteiger partial charge in [0.05, 0.1) is 24.2 Å². The number of methoxy groups -OCH3 is 1. The lowest BCUT2D eigenvalue weighted by Gasteiger charge is -2.15. The van der Waals surface area contributed by atoms with Gasteiger partial charge in [0.15, 0.2) is 0 Å².